The minimum absolute atomic E-state index is 0.258. The Labute approximate surface area is 119 Å². The molecule has 0 radical (unpaired) electrons. The fourth-order valence-corrected chi connectivity index (χ4v) is 6.12. The molecule has 106 valence electrons. The molecule has 1 aliphatic rings. The Morgan fingerprint density at radius 1 is 0.789 bits per heavy atom. The Balaban J connectivity index is 2.40. The minimum atomic E-state index is -0.265. The van der Waals surface area contributed by atoms with Gasteiger partial charge in [0.1, 0.15) is 0 Å². The van der Waals surface area contributed by atoms with Gasteiger partial charge in [-0.2, -0.15) is 0 Å². The van der Waals surface area contributed by atoms with Gasteiger partial charge in [0.15, 0.2) is 0 Å². The Morgan fingerprint density at radius 3 is 1.58 bits per heavy atom. The summed E-state index contributed by atoms with van der Waals surface area (Å²) in [6.07, 6.45) is 0. The van der Waals surface area contributed by atoms with E-state index < -0.39 is 0 Å². The highest BCUT2D eigenvalue weighted by Crippen LogP contribution is 2.56. The molecule has 0 aromatic heterocycles. The SMILES string of the molecule is CC(C)(C)[C@H]1NN[C@H](C(C)(C)C)P1c1ccccc1. The van der Waals surface area contributed by atoms with E-state index in [2.05, 4.69) is 82.7 Å². The van der Waals surface area contributed by atoms with Crippen LogP contribution in [0.2, 0.25) is 0 Å². The second-order valence-electron chi connectivity index (χ2n) is 7.57. The third-order valence-corrected chi connectivity index (χ3v) is 7.42. The van der Waals surface area contributed by atoms with Gasteiger partial charge in [-0.1, -0.05) is 71.9 Å². The number of benzene rings is 1. The summed E-state index contributed by atoms with van der Waals surface area (Å²) in [6, 6.07) is 11.0. The smallest absolute Gasteiger partial charge is 0.0515 e. The number of hydrazine groups is 1. The normalized spacial score (nSPS) is 25.8. The molecule has 1 aromatic carbocycles. The van der Waals surface area contributed by atoms with E-state index in [1.807, 2.05) is 0 Å². The zero-order valence-electron chi connectivity index (χ0n) is 13.0. The molecule has 1 aliphatic heterocycles. The maximum absolute atomic E-state index is 3.58. The predicted molar refractivity (Wildman–Crippen MR) is 85.8 cm³/mol. The fraction of sp³-hybridized carbons (Fsp3) is 0.625. The topological polar surface area (TPSA) is 24.1 Å². The fourth-order valence-electron chi connectivity index (χ4n) is 2.61. The summed E-state index contributed by atoms with van der Waals surface area (Å²) in [4.78, 5) is 0. The minimum Gasteiger partial charge on any atom is -0.249 e. The van der Waals surface area contributed by atoms with E-state index in [0.29, 0.717) is 11.6 Å². The van der Waals surface area contributed by atoms with Crippen LogP contribution in [0.1, 0.15) is 41.5 Å². The van der Waals surface area contributed by atoms with E-state index in [4.69, 9.17) is 0 Å². The van der Waals surface area contributed by atoms with Gasteiger partial charge in [-0.3, -0.25) is 0 Å². The van der Waals surface area contributed by atoms with Gasteiger partial charge in [0.25, 0.3) is 0 Å². The predicted octanol–water partition coefficient (Wildman–Crippen LogP) is 3.65. The van der Waals surface area contributed by atoms with Crippen LogP contribution in [0.4, 0.5) is 0 Å². The molecule has 0 aliphatic carbocycles. The van der Waals surface area contributed by atoms with Crippen molar-refractivity contribution < 1.29 is 0 Å². The van der Waals surface area contributed by atoms with Crippen molar-refractivity contribution >= 4 is 13.2 Å². The first kappa shape index (κ1) is 15.0. The largest absolute Gasteiger partial charge is 0.249 e. The maximum Gasteiger partial charge on any atom is 0.0515 e. The summed E-state index contributed by atoms with van der Waals surface area (Å²) in [6.45, 7) is 14.0. The van der Waals surface area contributed by atoms with Crippen molar-refractivity contribution in [2.24, 2.45) is 10.8 Å². The molecule has 1 heterocycles. The van der Waals surface area contributed by atoms with Crippen LogP contribution in [-0.4, -0.2) is 11.6 Å². The molecule has 0 spiro atoms. The van der Waals surface area contributed by atoms with Crippen molar-refractivity contribution in [3.05, 3.63) is 30.3 Å². The third kappa shape index (κ3) is 3.18. The summed E-state index contributed by atoms with van der Waals surface area (Å²) in [7, 11) is -0.265. The van der Waals surface area contributed by atoms with Crippen LogP contribution < -0.4 is 16.2 Å². The van der Waals surface area contributed by atoms with E-state index >= 15 is 0 Å². The molecule has 3 heteroatoms. The summed E-state index contributed by atoms with van der Waals surface area (Å²) in [5.41, 5.74) is 7.68. The molecule has 1 fully saturated rings. The van der Waals surface area contributed by atoms with Crippen molar-refractivity contribution in [1.82, 2.24) is 10.9 Å². The van der Waals surface area contributed by atoms with Crippen LogP contribution >= 0.6 is 7.92 Å². The van der Waals surface area contributed by atoms with Crippen molar-refractivity contribution in [2.45, 2.75) is 53.1 Å². The molecule has 0 saturated carbocycles. The number of hydrogen-bond acceptors (Lipinski definition) is 2. The highest BCUT2D eigenvalue weighted by Gasteiger charge is 2.46. The molecular weight excluding hydrogens is 251 g/mol. The van der Waals surface area contributed by atoms with E-state index in [-0.39, 0.29) is 18.8 Å². The Kier molecular flexibility index (Phi) is 4.07. The van der Waals surface area contributed by atoms with Crippen molar-refractivity contribution in [3.8, 4) is 0 Å². The summed E-state index contributed by atoms with van der Waals surface area (Å²) in [5.74, 6) is 1.02. The van der Waals surface area contributed by atoms with Gasteiger partial charge >= 0.3 is 0 Å². The lowest BCUT2D eigenvalue weighted by atomic mass is 9.96. The third-order valence-electron chi connectivity index (χ3n) is 3.61. The Bertz CT molecular complexity index is 395. The van der Waals surface area contributed by atoms with Gasteiger partial charge in [-0.15, -0.1) is 0 Å². The first-order chi connectivity index (χ1) is 8.71. The van der Waals surface area contributed by atoms with E-state index in [1.54, 1.807) is 0 Å². The molecule has 19 heavy (non-hydrogen) atoms. The maximum atomic E-state index is 3.58. The first-order valence-electron chi connectivity index (χ1n) is 7.06. The average molecular weight is 278 g/mol. The van der Waals surface area contributed by atoms with Crippen molar-refractivity contribution in [3.63, 3.8) is 0 Å². The Hall–Kier alpha value is -0.430. The quantitative estimate of drug-likeness (QED) is 0.766. The Morgan fingerprint density at radius 2 is 1.21 bits per heavy atom. The summed E-state index contributed by atoms with van der Waals surface area (Å²) < 4.78 is 0. The van der Waals surface area contributed by atoms with Gasteiger partial charge in [0.2, 0.25) is 0 Å². The summed E-state index contributed by atoms with van der Waals surface area (Å²) in [5, 5.41) is 1.50. The van der Waals surface area contributed by atoms with Gasteiger partial charge in [-0.05, 0) is 24.1 Å². The lowest BCUT2D eigenvalue weighted by molar-refractivity contribution is 0.299. The lowest BCUT2D eigenvalue weighted by Crippen LogP contribution is -2.42. The van der Waals surface area contributed by atoms with Crippen LogP contribution in [-0.2, 0) is 0 Å². The lowest BCUT2D eigenvalue weighted by Gasteiger charge is -2.37. The van der Waals surface area contributed by atoms with Crippen LogP contribution in [0, 0.1) is 10.8 Å². The molecule has 2 atom stereocenters. The highest BCUT2D eigenvalue weighted by atomic mass is 31.1. The molecule has 0 amide bonds. The van der Waals surface area contributed by atoms with E-state index in [9.17, 15) is 0 Å². The van der Waals surface area contributed by atoms with Gasteiger partial charge in [0.05, 0.1) is 11.6 Å². The molecule has 2 nitrogen and oxygen atoms in total. The number of rotatable bonds is 1. The molecule has 1 aromatic rings. The van der Waals surface area contributed by atoms with Gasteiger partial charge in [0, 0.05) is 0 Å². The molecular formula is C16H27N2P. The summed E-state index contributed by atoms with van der Waals surface area (Å²) >= 11 is 0. The van der Waals surface area contributed by atoms with Crippen LogP contribution in [0.25, 0.3) is 0 Å². The molecule has 2 N–H and O–H groups in total. The second kappa shape index (κ2) is 5.16. The number of hydrogen-bond donors (Lipinski definition) is 2. The van der Waals surface area contributed by atoms with Crippen LogP contribution in [0.5, 0.6) is 0 Å². The zero-order valence-corrected chi connectivity index (χ0v) is 13.9. The molecule has 0 unspecified atom stereocenters. The standard InChI is InChI=1S/C16H27N2P/c1-15(2,3)13-17-18-14(16(4,5)6)19(13)12-10-8-7-9-11-12/h7-11,13-14,17-18H,1-6H3/t13-,14-/m0/s1. The average Bonchev–Trinajstić information content (AvgIpc) is 2.73. The van der Waals surface area contributed by atoms with Gasteiger partial charge < -0.3 is 0 Å². The van der Waals surface area contributed by atoms with E-state index in [1.165, 1.54) is 5.30 Å². The van der Waals surface area contributed by atoms with Crippen LogP contribution in [0.3, 0.4) is 0 Å². The zero-order chi connectivity index (χ0) is 14.3. The first-order valence-corrected chi connectivity index (χ1v) is 8.54. The molecule has 0 bridgehead atoms. The van der Waals surface area contributed by atoms with Crippen LogP contribution in [0.15, 0.2) is 30.3 Å². The van der Waals surface area contributed by atoms with Crippen molar-refractivity contribution in [2.75, 3.05) is 0 Å². The molecule has 1 saturated heterocycles. The molecule has 2 rings (SSSR count). The second-order valence-corrected chi connectivity index (χ2v) is 9.93. The van der Waals surface area contributed by atoms with E-state index in [0.717, 1.165) is 0 Å². The van der Waals surface area contributed by atoms with Crippen molar-refractivity contribution in [1.29, 1.82) is 0 Å². The monoisotopic (exact) mass is 278 g/mol. The van der Waals surface area contributed by atoms with Gasteiger partial charge in [-0.25, -0.2) is 10.9 Å². The number of nitrogens with one attached hydrogen (secondary N) is 2. The highest BCUT2D eigenvalue weighted by molar-refractivity contribution is 7.67.